The van der Waals surface area contributed by atoms with Gasteiger partial charge in [-0.05, 0) is 6.42 Å². The monoisotopic (exact) mass is 311 g/mol. The number of carbonyl (C=O) groups is 1. The second kappa shape index (κ2) is 7.95. The van der Waals surface area contributed by atoms with Gasteiger partial charge in [-0.15, -0.1) is 0 Å². The van der Waals surface area contributed by atoms with Gasteiger partial charge in [0.05, 0.1) is 13.2 Å². The van der Waals surface area contributed by atoms with Crippen molar-refractivity contribution >= 4 is 5.91 Å². The maximum Gasteiger partial charge on any atom is 0.406 e. The van der Waals surface area contributed by atoms with E-state index in [4.69, 9.17) is 0 Å². The van der Waals surface area contributed by atoms with Crippen LogP contribution in [0.3, 0.4) is 0 Å². The summed E-state index contributed by atoms with van der Waals surface area (Å²) in [7, 11) is 1.17. The average molecular weight is 311 g/mol. The van der Waals surface area contributed by atoms with E-state index >= 15 is 0 Å². The standard InChI is InChI=1S/C13H24F3N3O2/c1-3-11(9-20)19-6-4-18(5-7-19)8-12(21)17(2)10-13(14,15)16/h11,20H,3-10H2,1-2H3. The Morgan fingerprint density at radius 3 is 2.29 bits per heavy atom. The predicted octanol–water partition coefficient (Wildman–Crippen LogP) is 0.396. The molecule has 124 valence electrons. The summed E-state index contributed by atoms with van der Waals surface area (Å²) >= 11 is 0. The van der Waals surface area contributed by atoms with Crippen molar-refractivity contribution in [2.24, 2.45) is 0 Å². The Kier molecular flexibility index (Phi) is 6.89. The quantitative estimate of drug-likeness (QED) is 0.771. The van der Waals surface area contributed by atoms with Crippen molar-refractivity contribution in [3.8, 4) is 0 Å². The fourth-order valence-corrected chi connectivity index (χ4v) is 2.46. The van der Waals surface area contributed by atoms with Crippen molar-refractivity contribution in [2.75, 3.05) is 52.9 Å². The first-order valence-corrected chi connectivity index (χ1v) is 7.14. The smallest absolute Gasteiger partial charge is 0.395 e. The summed E-state index contributed by atoms with van der Waals surface area (Å²) in [6, 6.07) is 0.121. The van der Waals surface area contributed by atoms with Crippen LogP contribution in [0.5, 0.6) is 0 Å². The number of alkyl halides is 3. The van der Waals surface area contributed by atoms with Gasteiger partial charge in [-0.25, -0.2) is 0 Å². The molecule has 1 N–H and O–H groups in total. The van der Waals surface area contributed by atoms with Gasteiger partial charge in [0.15, 0.2) is 0 Å². The van der Waals surface area contributed by atoms with Crippen LogP contribution in [-0.4, -0.2) is 90.9 Å². The highest BCUT2D eigenvalue weighted by atomic mass is 19.4. The van der Waals surface area contributed by atoms with Gasteiger partial charge in [0.2, 0.25) is 5.91 Å². The van der Waals surface area contributed by atoms with Crippen LogP contribution in [0, 0.1) is 0 Å². The molecule has 0 aromatic carbocycles. The number of carbonyl (C=O) groups excluding carboxylic acids is 1. The summed E-state index contributed by atoms with van der Waals surface area (Å²) in [4.78, 5) is 16.5. The summed E-state index contributed by atoms with van der Waals surface area (Å²) in [6.45, 7) is 3.59. The topological polar surface area (TPSA) is 47.0 Å². The highest BCUT2D eigenvalue weighted by Gasteiger charge is 2.32. The minimum Gasteiger partial charge on any atom is -0.395 e. The molecule has 1 amide bonds. The van der Waals surface area contributed by atoms with Crippen LogP contribution < -0.4 is 0 Å². The van der Waals surface area contributed by atoms with Crippen molar-refractivity contribution in [2.45, 2.75) is 25.6 Å². The summed E-state index contributed by atoms with van der Waals surface area (Å²) in [5.74, 6) is -0.519. The molecular weight excluding hydrogens is 287 g/mol. The Hall–Kier alpha value is -0.860. The fraction of sp³-hybridized carbons (Fsp3) is 0.923. The Balaban J connectivity index is 2.37. The minimum absolute atomic E-state index is 0.0103. The Morgan fingerprint density at radius 1 is 1.29 bits per heavy atom. The van der Waals surface area contributed by atoms with E-state index in [1.165, 1.54) is 7.05 Å². The number of likely N-dealkylation sites (N-methyl/N-ethyl adjacent to an activating group) is 1. The van der Waals surface area contributed by atoms with Crippen LogP contribution in [0.4, 0.5) is 13.2 Å². The van der Waals surface area contributed by atoms with Gasteiger partial charge >= 0.3 is 6.18 Å². The third-order valence-electron chi connectivity index (χ3n) is 3.81. The molecule has 0 aliphatic carbocycles. The number of hydrogen-bond acceptors (Lipinski definition) is 4. The minimum atomic E-state index is -4.36. The zero-order valence-electron chi connectivity index (χ0n) is 12.6. The first-order chi connectivity index (χ1) is 9.76. The van der Waals surface area contributed by atoms with Gasteiger partial charge < -0.3 is 10.0 Å². The van der Waals surface area contributed by atoms with E-state index in [9.17, 15) is 23.1 Å². The van der Waals surface area contributed by atoms with Crippen LogP contribution >= 0.6 is 0 Å². The summed E-state index contributed by atoms with van der Waals surface area (Å²) in [5, 5.41) is 9.25. The zero-order chi connectivity index (χ0) is 16.0. The molecule has 1 atom stereocenters. The van der Waals surface area contributed by atoms with Gasteiger partial charge in [0.1, 0.15) is 6.54 Å². The largest absolute Gasteiger partial charge is 0.406 e. The predicted molar refractivity (Wildman–Crippen MR) is 72.9 cm³/mol. The number of hydrogen-bond donors (Lipinski definition) is 1. The number of rotatable bonds is 6. The Labute approximate surface area is 123 Å². The van der Waals surface area contributed by atoms with Gasteiger partial charge in [-0.1, -0.05) is 6.92 Å². The van der Waals surface area contributed by atoms with Crippen molar-refractivity contribution in [3.05, 3.63) is 0 Å². The van der Waals surface area contributed by atoms with E-state index in [-0.39, 0.29) is 19.2 Å². The SMILES string of the molecule is CCC(CO)N1CCN(CC(=O)N(C)CC(F)(F)F)CC1. The molecule has 0 aromatic rings. The van der Waals surface area contributed by atoms with E-state index < -0.39 is 18.6 Å². The second-order valence-corrected chi connectivity index (χ2v) is 5.42. The van der Waals surface area contributed by atoms with Gasteiger partial charge in [0, 0.05) is 39.3 Å². The fourth-order valence-electron chi connectivity index (χ4n) is 2.46. The molecule has 0 spiro atoms. The maximum atomic E-state index is 12.2. The normalized spacial score (nSPS) is 19.5. The highest BCUT2D eigenvalue weighted by molar-refractivity contribution is 5.78. The molecule has 1 unspecified atom stereocenters. The second-order valence-electron chi connectivity index (χ2n) is 5.42. The number of aliphatic hydroxyl groups is 1. The Bertz CT molecular complexity index is 327. The molecule has 8 heteroatoms. The molecule has 0 saturated carbocycles. The third kappa shape index (κ3) is 6.19. The van der Waals surface area contributed by atoms with Crippen LogP contribution in [0.1, 0.15) is 13.3 Å². The molecule has 5 nitrogen and oxygen atoms in total. The van der Waals surface area contributed by atoms with Crippen molar-refractivity contribution in [1.29, 1.82) is 0 Å². The summed E-state index contributed by atoms with van der Waals surface area (Å²) in [5.41, 5.74) is 0. The molecule has 1 rings (SSSR count). The molecule has 1 heterocycles. The lowest BCUT2D eigenvalue weighted by Crippen LogP contribution is -2.53. The third-order valence-corrected chi connectivity index (χ3v) is 3.81. The summed E-state index contributed by atoms with van der Waals surface area (Å²) in [6.07, 6.45) is -3.51. The van der Waals surface area contributed by atoms with E-state index in [2.05, 4.69) is 4.90 Å². The Morgan fingerprint density at radius 2 is 1.86 bits per heavy atom. The number of aliphatic hydroxyl groups excluding tert-OH is 1. The van der Waals surface area contributed by atoms with Crippen molar-refractivity contribution < 1.29 is 23.1 Å². The average Bonchev–Trinajstić information content (AvgIpc) is 2.40. The number of piperazine rings is 1. The molecule has 0 radical (unpaired) electrons. The van der Waals surface area contributed by atoms with Crippen LogP contribution in [-0.2, 0) is 4.79 Å². The van der Waals surface area contributed by atoms with Gasteiger partial charge in [-0.2, -0.15) is 13.2 Å². The first kappa shape index (κ1) is 18.2. The van der Waals surface area contributed by atoms with Crippen molar-refractivity contribution in [3.63, 3.8) is 0 Å². The lowest BCUT2D eigenvalue weighted by Gasteiger charge is -2.38. The van der Waals surface area contributed by atoms with E-state index in [1.807, 2.05) is 11.8 Å². The molecule has 1 fully saturated rings. The van der Waals surface area contributed by atoms with E-state index in [0.717, 1.165) is 24.4 Å². The van der Waals surface area contributed by atoms with E-state index in [0.29, 0.717) is 13.1 Å². The van der Waals surface area contributed by atoms with Crippen LogP contribution in [0.25, 0.3) is 0 Å². The van der Waals surface area contributed by atoms with Gasteiger partial charge in [-0.3, -0.25) is 14.6 Å². The molecular formula is C13H24F3N3O2. The van der Waals surface area contributed by atoms with E-state index in [1.54, 1.807) is 0 Å². The summed E-state index contributed by atoms with van der Waals surface area (Å²) < 4.78 is 36.7. The van der Waals surface area contributed by atoms with Crippen LogP contribution in [0.15, 0.2) is 0 Å². The number of nitrogens with zero attached hydrogens (tertiary/aromatic N) is 3. The number of halogens is 3. The van der Waals surface area contributed by atoms with Gasteiger partial charge in [0.25, 0.3) is 0 Å². The first-order valence-electron chi connectivity index (χ1n) is 7.14. The molecule has 1 aliphatic rings. The lowest BCUT2D eigenvalue weighted by atomic mass is 10.1. The molecule has 1 saturated heterocycles. The molecule has 0 aromatic heterocycles. The zero-order valence-corrected chi connectivity index (χ0v) is 12.6. The van der Waals surface area contributed by atoms with Crippen LogP contribution in [0.2, 0.25) is 0 Å². The molecule has 0 bridgehead atoms. The molecule has 21 heavy (non-hydrogen) atoms. The molecule has 1 aliphatic heterocycles. The maximum absolute atomic E-state index is 12.2. The highest BCUT2D eigenvalue weighted by Crippen LogP contribution is 2.16. The van der Waals surface area contributed by atoms with Crippen molar-refractivity contribution in [1.82, 2.24) is 14.7 Å². The number of amides is 1. The lowest BCUT2D eigenvalue weighted by molar-refractivity contribution is -0.159.